The van der Waals surface area contributed by atoms with Crippen LogP contribution in [0.3, 0.4) is 0 Å². The molecule has 2 aromatic rings. The van der Waals surface area contributed by atoms with Crippen molar-refractivity contribution in [3.05, 3.63) is 70.8 Å². The number of aliphatic hydroxyl groups is 2. The van der Waals surface area contributed by atoms with E-state index in [4.69, 9.17) is 0 Å². The van der Waals surface area contributed by atoms with E-state index in [9.17, 15) is 29.4 Å². The predicted octanol–water partition coefficient (Wildman–Crippen LogP) is 2.36. The van der Waals surface area contributed by atoms with Gasteiger partial charge in [-0.2, -0.15) is 0 Å². The Balaban J connectivity index is 1.13. The fourth-order valence-corrected chi connectivity index (χ4v) is 13.2. The average molecular weight is 673 g/mol. The SMILES string of the molecule is CN1C(=O)[C@]2(Cc3ccc(/C=C/c4ccc(C[C@@]56SS[C@@](CO)(C(=O)N5C)N(C)C6=O)cc4)cc3)SS[C@@]1(CO)C(=O)N2C. The normalized spacial score (nSPS) is 31.7. The first-order chi connectivity index (χ1) is 20.9. The van der Waals surface area contributed by atoms with E-state index in [0.717, 1.165) is 22.3 Å². The van der Waals surface area contributed by atoms with Gasteiger partial charge >= 0.3 is 0 Å². The van der Waals surface area contributed by atoms with Crippen LogP contribution in [0.2, 0.25) is 0 Å². The summed E-state index contributed by atoms with van der Waals surface area (Å²) >= 11 is 0. The molecule has 0 unspecified atom stereocenters. The Hall–Kier alpha value is -2.62. The van der Waals surface area contributed by atoms with E-state index < -0.39 is 32.7 Å². The molecule has 0 aromatic heterocycles. The highest BCUT2D eigenvalue weighted by molar-refractivity contribution is 8.78. The zero-order chi connectivity index (χ0) is 31.7. The molecule has 6 aliphatic heterocycles. The average Bonchev–Trinajstić information content (AvgIpc) is 3.04. The third-order valence-corrected chi connectivity index (χ3v) is 16.5. The van der Waals surface area contributed by atoms with Gasteiger partial charge in [0.2, 0.25) is 9.74 Å². The van der Waals surface area contributed by atoms with Crippen molar-refractivity contribution in [2.24, 2.45) is 0 Å². The summed E-state index contributed by atoms with van der Waals surface area (Å²) in [5.74, 6) is -0.924. The number of piperazine rings is 2. The highest BCUT2D eigenvalue weighted by Gasteiger charge is 2.68. The molecule has 6 heterocycles. The standard InChI is InChI=1S/C30H32N4O6S4/c1-31-25(39)29(17-35)33(3)23(37)27(31,41-43-29)15-21-11-7-19(8-12-21)5-6-20-9-13-22(14-10-20)16-28-24(38)34(4)30(18-36,44-42-28)26(40)32(28)2/h5-14,35-36H,15-18H2,1-4H3/b6-5+/t27-,28-,29-,30-/m0/s1. The number of benzene rings is 2. The third kappa shape index (κ3) is 4.28. The van der Waals surface area contributed by atoms with Crippen LogP contribution < -0.4 is 0 Å². The summed E-state index contributed by atoms with van der Waals surface area (Å²) in [6, 6.07) is 15.7. The van der Waals surface area contributed by atoms with Gasteiger partial charge < -0.3 is 29.8 Å². The fourth-order valence-electron chi connectivity index (χ4n) is 6.01. The first kappa shape index (κ1) is 31.4. The largest absolute Gasteiger partial charge is 0.392 e. The first-order valence-corrected chi connectivity index (χ1v) is 18.2. The molecule has 232 valence electrons. The Morgan fingerprint density at radius 3 is 1.11 bits per heavy atom. The minimum atomic E-state index is -1.27. The molecule has 4 atom stereocenters. The zero-order valence-corrected chi connectivity index (χ0v) is 27.8. The van der Waals surface area contributed by atoms with Crippen LogP contribution in [0.15, 0.2) is 48.5 Å². The van der Waals surface area contributed by atoms with Crippen LogP contribution >= 0.6 is 43.2 Å². The van der Waals surface area contributed by atoms with Crippen LogP contribution in [-0.4, -0.2) is 114 Å². The number of carbonyl (C=O) groups excluding carboxylic acids is 4. The lowest BCUT2D eigenvalue weighted by Crippen LogP contribution is -2.77. The summed E-state index contributed by atoms with van der Waals surface area (Å²) < 4.78 is 0. The van der Waals surface area contributed by atoms with Crippen LogP contribution in [-0.2, 0) is 32.0 Å². The van der Waals surface area contributed by atoms with E-state index in [2.05, 4.69) is 0 Å². The molecule has 0 radical (unpaired) electrons. The molecule has 8 rings (SSSR count). The molecular formula is C30H32N4O6S4. The second kappa shape index (κ2) is 11.0. The third-order valence-electron chi connectivity index (χ3n) is 9.10. The van der Waals surface area contributed by atoms with E-state index in [1.807, 2.05) is 60.7 Å². The predicted molar refractivity (Wildman–Crippen MR) is 176 cm³/mol. The van der Waals surface area contributed by atoms with Crippen LogP contribution in [0.5, 0.6) is 0 Å². The van der Waals surface area contributed by atoms with Gasteiger partial charge in [0.25, 0.3) is 23.6 Å². The van der Waals surface area contributed by atoms with Gasteiger partial charge in [-0.25, -0.2) is 0 Å². The summed E-state index contributed by atoms with van der Waals surface area (Å²) in [6.07, 6.45) is 4.67. The Morgan fingerprint density at radius 1 is 0.523 bits per heavy atom. The molecule has 2 N–H and O–H groups in total. The van der Waals surface area contributed by atoms with Gasteiger partial charge in [-0.3, -0.25) is 19.2 Å². The number of amides is 4. The second-order valence-electron chi connectivity index (χ2n) is 11.4. The van der Waals surface area contributed by atoms with Crippen molar-refractivity contribution in [2.75, 3.05) is 41.4 Å². The van der Waals surface area contributed by atoms with Crippen molar-refractivity contribution in [3.8, 4) is 0 Å². The van der Waals surface area contributed by atoms with E-state index in [-0.39, 0.29) is 23.6 Å². The molecule has 0 saturated carbocycles. The van der Waals surface area contributed by atoms with E-state index in [1.54, 1.807) is 28.2 Å². The summed E-state index contributed by atoms with van der Waals surface area (Å²) in [7, 11) is 11.6. The lowest BCUT2D eigenvalue weighted by atomic mass is 9.96. The molecule has 0 spiro atoms. The lowest BCUT2D eigenvalue weighted by molar-refractivity contribution is -0.165. The minimum Gasteiger partial charge on any atom is -0.392 e. The molecular weight excluding hydrogens is 641 g/mol. The number of carbonyl (C=O) groups is 4. The van der Waals surface area contributed by atoms with Crippen LogP contribution in [0.4, 0.5) is 0 Å². The molecule has 6 aliphatic rings. The van der Waals surface area contributed by atoms with Crippen molar-refractivity contribution in [3.63, 3.8) is 0 Å². The maximum Gasteiger partial charge on any atom is 0.263 e. The van der Waals surface area contributed by atoms with Crippen LogP contribution in [0.25, 0.3) is 12.2 Å². The molecule has 14 heteroatoms. The Bertz CT molecular complexity index is 1460. The molecule has 0 aliphatic carbocycles. The van der Waals surface area contributed by atoms with Gasteiger partial charge in [-0.15, -0.1) is 0 Å². The number of fused-ring (bicyclic) bond motifs is 6. The summed E-state index contributed by atoms with van der Waals surface area (Å²) in [5, 5.41) is 19.8. The van der Waals surface area contributed by atoms with Crippen molar-refractivity contribution >= 4 is 79.0 Å². The maximum atomic E-state index is 13.3. The number of likely N-dealkylation sites (N-methyl/N-ethyl adjacent to an activating group) is 4. The van der Waals surface area contributed by atoms with Crippen molar-refractivity contribution in [2.45, 2.75) is 32.3 Å². The molecule has 6 fully saturated rings. The summed E-state index contributed by atoms with van der Waals surface area (Å²) in [6.45, 7) is -0.868. The quantitative estimate of drug-likeness (QED) is 0.320. The number of nitrogens with zero attached hydrogens (tertiary/aromatic N) is 4. The van der Waals surface area contributed by atoms with Gasteiger partial charge in [0, 0.05) is 41.0 Å². The summed E-state index contributed by atoms with van der Waals surface area (Å²) in [4.78, 5) is 53.9. The molecule has 10 nitrogen and oxygen atoms in total. The second-order valence-corrected chi connectivity index (χ2v) is 16.8. The number of aliphatic hydroxyl groups excluding tert-OH is 2. The van der Waals surface area contributed by atoms with Gasteiger partial charge in [0.1, 0.15) is 0 Å². The van der Waals surface area contributed by atoms with E-state index in [0.29, 0.717) is 12.8 Å². The zero-order valence-electron chi connectivity index (χ0n) is 24.6. The molecule has 2 aromatic carbocycles. The van der Waals surface area contributed by atoms with Crippen molar-refractivity contribution < 1.29 is 29.4 Å². The Labute approximate surface area is 271 Å². The van der Waals surface area contributed by atoms with Crippen molar-refractivity contribution in [1.82, 2.24) is 19.6 Å². The van der Waals surface area contributed by atoms with E-state index in [1.165, 1.54) is 62.8 Å². The van der Waals surface area contributed by atoms with Crippen molar-refractivity contribution in [1.29, 1.82) is 0 Å². The highest BCUT2D eigenvalue weighted by atomic mass is 33.1. The monoisotopic (exact) mass is 672 g/mol. The van der Waals surface area contributed by atoms with Gasteiger partial charge in [-0.1, -0.05) is 82.3 Å². The van der Waals surface area contributed by atoms with Crippen LogP contribution in [0, 0.1) is 0 Å². The number of hydrogen-bond acceptors (Lipinski definition) is 10. The lowest BCUT2D eigenvalue weighted by Gasteiger charge is -2.58. The topological polar surface area (TPSA) is 122 Å². The molecule has 4 amide bonds. The van der Waals surface area contributed by atoms with Gasteiger partial charge in [0.05, 0.1) is 13.2 Å². The minimum absolute atomic E-state index is 0.193. The summed E-state index contributed by atoms with van der Waals surface area (Å²) in [5.41, 5.74) is 3.77. The highest BCUT2D eigenvalue weighted by Crippen LogP contribution is 2.60. The Kier molecular flexibility index (Phi) is 7.86. The molecule has 44 heavy (non-hydrogen) atoms. The molecule has 6 saturated heterocycles. The maximum absolute atomic E-state index is 13.3. The van der Waals surface area contributed by atoms with Gasteiger partial charge in [0.15, 0.2) is 9.74 Å². The fraction of sp³-hybridized carbons (Fsp3) is 0.400. The van der Waals surface area contributed by atoms with Gasteiger partial charge in [-0.05, 0) is 43.8 Å². The Morgan fingerprint density at radius 2 is 0.795 bits per heavy atom. The van der Waals surface area contributed by atoms with Crippen LogP contribution in [0.1, 0.15) is 22.3 Å². The van der Waals surface area contributed by atoms with E-state index >= 15 is 0 Å². The molecule has 4 bridgehead atoms. The first-order valence-electron chi connectivity index (χ1n) is 13.9. The number of hydrogen-bond donors (Lipinski definition) is 2. The number of rotatable bonds is 8. The smallest absolute Gasteiger partial charge is 0.263 e.